The minimum Gasteiger partial charge on any atom is -0.496 e. The van der Waals surface area contributed by atoms with Crippen molar-refractivity contribution in [1.29, 1.82) is 0 Å². The number of methoxy groups -OCH3 is 1. The molecule has 3 rings (SSSR count). The molecule has 0 radical (unpaired) electrons. The zero-order valence-corrected chi connectivity index (χ0v) is 14.8. The number of carbonyl (C=O) groups is 1. The topological polar surface area (TPSA) is 76.1 Å². The number of benzene rings is 2. The molecule has 0 spiro atoms. The largest absolute Gasteiger partial charge is 0.496 e. The molecule has 2 aromatic carbocycles. The Morgan fingerprint density at radius 3 is 2.41 bits per heavy atom. The van der Waals surface area contributed by atoms with Gasteiger partial charge in [-0.15, -0.1) is 10.2 Å². The monoisotopic (exact) mass is 366 g/mol. The maximum absolute atomic E-state index is 12.9. The summed E-state index contributed by atoms with van der Waals surface area (Å²) in [6.45, 7) is 0.632. The molecular weight excluding hydrogens is 347 g/mol. The molecule has 0 atom stereocenters. The van der Waals surface area contributed by atoms with Gasteiger partial charge in [0.25, 0.3) is 5.91 Å². The number of nitrogens with zero attached hydrogens (tertiary/aromatic N) is 2. The lowest BCUT2D eigenvalue weighted by Crippen LogP contribution is -2.15. The van der Waals surface area contributed by atoms with E-state index in [0.29, 0.717) is 29.5 Å². The van der Waals surface area contributed by atoms with Crippen LogP contribution in [-0.2, 0) is 6.42 Å². The summed E-state index contributed by atoms with van der Waals surface area (Å²) in [5.41, 5.74) is 1.45. The average Bonchev–Trinajstić information content (AvgIpc) is 2.70. The Morgan fingerprint density at radius 1 is 1.00 bits per heavy atom. The molecule has 0 unspecified atom stereocenters. The molecule has 1 aromatic heterocycles. The van der Waals surface area contributed by atoms with E-state index in [0.717, 1.165) is 12.0 Å². The Balaban J connectivity index is 1.54. The lowest BCUT2D eigenvalue weighted by atomic mass is 10.1. The molecule has 0 aliphatic carbocycles. The van der Waals surface area contributed by atoms with Crippen molar-refractivity contribution >= 4 is 17.5 Å². The van der Waals surface area contributed by atoms with E-state index < -0.39 is 0 Å². The first-order chi connectivity index (χ1) is 13.2. The van der Waals surface area contributed by atoms with Crippen molar-refractivity contribution in [2.75, 3.05) is 24.3 Å². The van der Waals surface area contributed by atoms with Gasteiger partial charge in [-0.3, -0.25) is 4.79 Å². The molecule has 0 fully saturated rings. The summed E-state index contributed by atoms with van der Waals surface area (Å²) in [4.78, 5) is 12.3. The fourth-order valence-corrected chi connectivity index (χ4v) is 2.50. The summed E-state index contributed by atoms with van der Waals surface area (Å²) in [6, 6.07) is 16.7. The van der Waals surface area contributed by atoms with Crippen molar-refractivity contribution in [2.24, 2.45) is 0 Å². The number of nitrogens with one attached hydrogen (secondary N) is 2. The summed E-state index contributed by atoms with van der Waals surface area (Å²) in [7, 11) is 1.51. The molecule has 0 aliphatic heterocycles. The van der Waals surface area contributed by atoms with Crippen LogP contribution in [0, 0.1) is 5.82 Å². The highest BCUT2D eigenvalue weighted by molar-refractivity contribution is 6.05. The molecule has 6 nitrogen and oxygen atoms in total. The van der Waals surface area contributed by atoms with Crippen molar-refractivity contribution in [3.8, 4) is 5.75 Å². The number of para-hydroxylation sites is 1. The predicted molar refractivity (Wildman–Crippen MR) is 102 cm³/mol. The van der Waals surface area contributed by atoms with Crippen LogP contribution in [0.4, 0.5) is 16.0 Å². The molecule has 2 N–H and O–H groups in total. The third-order valence-electron chi connectivity index (χ3n) is 3.89. The highest BCUT2D eigenvalue weighted by Crippen LogP contribution is 2.18. The van der Waals surface area contributed by atoms with Crippen LogP contribution in [0.5, 0.6) is 5.75 Å². The van der Waals surface area contributed by atoms with E-state index in [4.69, 9.17) is 4.74 Å². The van der Waals surface area contributed by atoms with Crippen LogP contribution in [0.2, 0.25) is 0 Å². The Morgan fingerprint density at radius 2 is 1.70 bits per heavy atom. The van der Waals surface area contributed by atoms with Gasteiger partial charge in [0.1, 0.15) is 17.4 Å². The maximum Gasteiger partial charge on any atom is 0.260 e. The van der Waals surface area contributed by atoms with Gasteiger partial charge in [0.05, 0.1) is 12.7 Å². The standard InChI is InChI=1S/C20H19FN4O2/c1-27-17-5-3-2-4-16(17)20(26)23-19-11-10-18(24-25-19)22-13-12-14-6-8-15(21)9-7-14/h2-11H,12-13H2,1H3,(H,22,24)(H,23,25,26). The van der Waals surface area contributed by atoms with Crippen molar-refractivity contribution in [3.63, 3.8) is 0 Å². The Hall–Kier alpha value is -3.48. The van der Waals surface area contributed by atoms with E-state index >= 15 is 0 Å². The minimum atomic E-state index is -0.321. The van der Waals surface area contributed by atoms with Crippen LogP contribution in [0.1, 0.15) is 15.9 Å². The van der Waals surface area contributed by atoms with Crippen LogP contribution in [0.15, 0.2) is 60.7 Å². The molecule has 7 heteroatoms. The number of carbonyl (C=O) groups excluding carboxylic acids is 1. The van der Waals surface area contributed by atoms with Crippen molar-refractivity contribution in [2.45, 2.75) is 6.42 Å². The molecule has 0 saturated heterocycles. The van der Waals surface area contributed by atoms with Crippen molar-refractivity contribution < 1.29 is 13.9 Å². The summed E-state index contributed by atoms with van der Waals surface area (Å²) in [5.74, 6) is 0.853. The zero-order valence-electron chi connectivity index (χ0n) is 14.8. The second kappa shape index (κ2) is 8.75. The molecule has 3 aromatic rings. The van der Waals surface area contributed by atoms with Crippen LogP contribution in [-0.4, -0.2) is 29.8 Å². The number of aromatic nitrogens is 2. The Bertz CT molecular complexity index is 899. The fraction of sp³-hybridized carbons (Fsp3) is 0.150. The van der Waals surface area contributed by atoms with Gasteiger partial charge in [0, 0.05) is 6.54 Å². The second-order valence-corrected chi connectivity index (χ2v) is 5.76. The third kappa shape index (κ3) is 5.01. The van der Waals surface area contributed by atoms with E-state index in [9.17, 15) is 9.18 Å². The number of amides is 1. The predicted octanol–water partition coefficient (Wildman–Crippen LogP) is 3.53. The first-order valence-electron chi connectivity index (χ1n) is 8.42. The fourth-order valence-electron chi connectivity index (χ4n) is 2.50. The summed E-state index contributed by atoms with van der Waals surface area (Å²) < 4.78 is 18.1. The van der Waals surface area contributed by atoms with Gasteiger partial charge >= 0.3 is 0 Å². The lowest BCUT2D eigenvalue weighted by Gasteiger charge is -2.09. The number of hydrogen-bond acceptors (Lipinski definition) is 5. The van der Waals surface area contributed by atoms with Gasteiger partial charge in [-0.1, -0.05) is 24.3 Å². The molecule has 1 amide bonds. The van der Waals surface area contributed by atoms with Gasteiger partial charge in [0.2, 0.25) is 0 Å². The van der Waals surface area contributed by atoms with Gasteiger partial charge in [-0.25, -0.2) is 4.39 Å². The van der Waals surface area contributed by atoms with E-state index in [-0.39, 0.29) is 11.7 Å². The molecular formula is C20H19FN4O2. The maximum atomic E-state index is 12.9. The van der Waals surface area contributed by atoms with Crippen molar-refractivity contribution in [3.05, 3.63) is 77.6 Å². The van der Waals surface area contributed by atoms with Gasteiger partial charge < -0.3 is 15.4 Å². The number of anilines is 2. The van der Waals surface area contributed by atoms with Crippen molar-refractivity contribution in [1.82, 2.24) is 10.2 Å². The van der Waals surface area contributed by atoms with Crippen LogP contribution < -0.4 is 15.4 Å². The molecule has 0 saturated carbocycles. The van der Waals surface area contributed by atoms with Crippen LogP contribution >= 0.6 is 0 Å². The lowest BCUT2D eigenvalue weighted by molar-refractivity contribution is 0.102. The SMILES string of the molecule is COc1ccccc1C(=O)Nc1ccc(NCCc2ccc(F)cc2)nn1. The van der Waals surface area contributed by atoms with E-state index in [2.05, 4.69) is 20.8 Å². The van der Waals surface area contributed by atoms with E-state index in [1.54, 1.807) is 48.5 Å². The molecule has 27 heavy (non-hydrogen) atoms. The normalized spacial score (nSPS) is 10.3. The highest BCUT2D eigenvalue weighted by Gasteiger charge is 2.12. The Kier molecular flexibility index (Phi) is 5.94. The number of rotatable bonds is 7. The van der Waals surface area contributed by atoms with Crippen LogP contribution in [0.3, 0.4) is 0 Å². The smallest absolute Gasteiger partial charge is 0.260 e. The van der Waals surface area contributed by atoms with Gasteiger partial charge in [-0.2, -0.15) is 0 Å². The first-order valence-corrected chi connectivity index (χ1v) is 8.42. The molecule has 0 aliphatic rings. The quantitative estimate of drug-likeness (QED) is 0.669. The molecule has 1 heterocycles. The molecule has 0 bridgehead atoms. The Labute approximate surface area is 156 Å². The number of hydrogen-bond donors (Lipinski definition) is 2. The average molecular weight is 366 g/mol. The number of halogens is 1. The van der Waals surface area contributed by atoms with E-state index in [1.807, 2.05) is 0 Å². The zero-order chi connectivity index (χ0) is 19.1. The third-order valence-corrected chi connectivity index (χ3v) is 3.89. The summed E-state index contributed by atoms with van der Waals surface area (Å²) in [6.07, 6.45) is 0.730. The summed E-state index contributed by atoms with van der Waals surface area (Å²) >= 11 is 0. The second-order valence-electron chi connectivity index (χ2n) is 5.76. The highest BCUT2D eigenvalue weighted by atomic mass is 19.1. The first kappa shape index (κ1) is 18.3. The number of ether oxygens (including phenoxy) is 1. The van der Waals surface area contributed by atoms with Crippen LogP contribution in [0.25, 0.3) is 0 Å². The van der Waals surface area contributed by atoms with Gasteiger partial charge in [-0.05, 0) is 48.4 Å². The minimum absolute atomic E-state index is 0.247. The van der Waals surface area contributed by atoms with E-state index in [1.165, 1.54) is 19.2 Å². The molecule has 138 valence electrons. The van der Waals surface area contributed by atoms with Gasteiger partial charge in [0.15, 0.2) is 5.82 Å². The summed E-state index contributed by atoms with van der Waals surface area (Å²) in [5, 5.41) is 13.9.